The molecule has 20 heavy (non-hydrogen) atoms. The third-order valence-electron chi connectivity index (χ3n) is 3.05. The summed E-state index contributed by atoms with van der Waals surface area (Å²) in [4.78, 5) is 0. The van der Waals surface area contributed by atoms with Crippen LogP contribution in [0, 0.1) is 5.82 Å². The smallest absolute Gasteiger partial charge is 0.123 e. The van der Waals surface area contributed by atoms with Gasteiger partial charge in [0.25, 0.3) is 0 Å². The van der Waals surface area contributed by atoms with E-state index in [0.29, 0.717) is 22.9 Å². The predicted molar refractivity (Wildman–Crippen MR) is 80.9 cm³/mol. The summed E-state index contributed by atoms with van der Waals surface area (Å²) in [5.41, 5.74) is 0.496. The van der Waals surface area contributed by atoms with Gasteiger partial charge in [-0.2, -0.15) is 0 Å². The lowest BCUT2D eigenvalue weighted by molar-refractivity contribution is 0.0608. The summed E-state index contributed by atoms with van der Waals surface area (Å²) in [7, 11) is 0. The highest BCUT2D eigenvalue weighted by Gasteiger charge is 2.23. The van der Waals surface area contributed by atoms with Crippen LogP contribution < -0.4 is 0 Å². The Labute approximate surface area is 128 Å². The Morgan fingerprint density at radius 1 is 1.10 bits per heavy atom. The summed E-state index contributed by atoms with van der Waals surface area (Å²) in [6.07, 6.45) is 0.691. The van der Waals surface area contributed by atoms with E-state index in [1.54, 1.807) is 37.3 Å². The Morgan fingerprint density at radius 2 is 1.85 bits per heavy atom. The van der Waals surface area contributed by atoms with Crippen molar-refractivity contribution in [1.82, 2.24) is 0 Å². The van der Waals surface area contributed by atoms with E-state index in [1.165, 1.54) is 12.1 Å². The van der Waals surface area contributed by atoms with Crippen molar-refractivity contribution < 1.29 is 9.50 Å². The van der Waals surface area contributed by atoms with E-state index in [9.17, 15) is 9.50 Å². The summed E-state index contributed by atoms with van der Waals surface area (Å²) < 4.78 is 13.2. The molecule has 0 saturated heterocycles. The average molecular weight is 313 g/mol. The maximum Gasteiger partial charge on any atom is 0.123 e. The predicted octanol–water partition coefficient (Wildman–Crippen LogP) is 4.67. The van der Waals surface area contributed by atoms with Gasteiger partial charge in [-0.05, 0) is 48.4 Å². The minimum absolute atomic E-state index is 0.306. The normalized spacial score (nSPS) is 14.1. The first-order valence-corrected chi connectivity index (χ1v) is 7.02. The Hall–Kier alpha value is -1.09. The van der Waals surface area contributed by atoms with Gasteiger partial charge in [0.15, 0.2) is 0 Å². The molecule has 1 N–H and O–H groups in total. The lowest BCUT2D eigenvalue weighted by Crippen LogP contribution is -2.30. The third kappa shape index (κ3) is 4.20. The Bertz CT molecular complexity index is 611. The molecule has 0 radical (unpaired) electrons. The molecule has 0 saturated carbocycles. The SMILES string of the molecule is CC(O)(Cc1cccc(F)c1)Cc1cc(Cl)ccc1Cl. The first kappa shape index (κ1) is 15.3. The zero-order chi connectivity index (χ0) is 14.8. The Morgan fingerprint density at radius 3 is 2.55 bits per heavy atom. The van der Waals surface area contributed by atoms with Crippen LogP contribution >= 0.6 is 23.2 Å². The quantitative estimate of drug-likeness (QED) is 0.870. The monoisotopic (exact) mass is 312 g/mol. The molecule has 2 aromatic rings. The number of halogens is 3. The average Bonchev–Trinajstić information content (AvgIpc) is 2.33. The number of rotatable bonds is 4. The van der Waals surface area contributed by atoms with Crippen LogP contribution in [0.2, 0.25) is 10.0 Å². The summed E-state index contributed by atoms with van der Waals surface area (Å²) in [6.45, 7) is 1.70. The van der Waals surface area contributed by atoms with E-state index in [4.69, 9.17) is 23.2 Å². The molecule has 4 heteroatoms. The molecule has 0 aliphatic carbocycles. The van der Waals surface area contributed by atoms with Crippen LogP contribution in [0.3, 0.4) is 0 Å². The number of aliphatic hydroxyl groups is 1. The number of hydrogen-bond acceptors (Lipinski definition) is 1. The summed E-state index contributed by atoms with van der Waals surface area (Å²) in [5.74, 6) is -0.306. The van der Waals surface area contributed by atoms with Crippen molar-refractivity contribution in [2.45, 2.75) is 25.4 Å². The van der Waals surface area contributed by atoms with Crippen LogP contribution in [0.25, 0.3) is 0 Å². The molecule has 1 atom stereocenters. The molecule has 0 aliphatic rings. The second kappa shape index (κ2) is 6.13. The van der Waals surface area contributed by atoms with Gasteiger partial charge < -0.3 is 5.11 Å². The van der Waals surface area contributed by atoms with Crippen LogP contribution in [0.4, 0.5) is 4.39 Å². The van der Waals surface area contributed by atoms with E-state index in [1.807, 2.05) is 0 Å². The molecule has 0 heterocycles. The van der Waals surface area contributed by atoms with Crippen molar-refractivity contribution in [3.8, 4) is 0 Å². The molecule has 0 spiro atoms. The highest BCUT2D eigenvalue weighted by molar-refractivity contribution is 6.33. The number of benzene rings is 2. The summed E-state index contributed by atoms with van der Waals surface area (Å²) in [5, 5.41) is 11.6. The van der Waals surface area contributed by atoms with Crippen LogP contribution in [0.15, 0.2) is 42.5 Å². The van der Waals surface area contributed by atoms with Crippen molar-refractivity contribution in [3.05, 3.63) is 69.5 Å². The highest BCUT2D eigenvalue weighted by Crippen LogP contribution is 2.26. The lowest BCUT2D eigenvalue weighted by atomic mass is 9.90. The van der Waals surface area contributed by atoms with Crippen molar-refractivity contribution in [2.75, 3.05) is 0 Å². The standard InChI is InChI=1S/C16H15Cl2FO/c1-16(20,9-11-3-2-4-14(19)7-11)10-12-8-13(17)5-6-15(12)18/h2-8,20H,9-10H2,1H3. The molecule has 1 unspecified atom stereocenters. The van der Waals surface area contributed by atoms with Crippen LogP contribution in [0.1, 0.15) is 18.1 Å². The fraction of sp³-hybridized carbons (Fsp3) is 0.250. The summed E-state index contributed by atoms with van der Waals surface area (Å²) in [6, 6.07) is 11.4. The topological polar surface area (TPSA) is 20.2 Å². The van der Waals surface area contributed by atoms with Gasteiger partial charge in [0.2, 0.25) is 0 Å². The second-order valence-electron chi connectivity index (χ2n) is 5.22. The Balaban J connectivity index is 2.16. The minimum Gasteiger partial charge on any atom is -0.389 e. The van der Waals surface area contributed by atoms with Gasteiger partial charge in [-0.15, -0.1) is 0 Å². The maximum absolute atomic E-state index is 13.2. The van der Waals surface area contributed by atoms with Crippen molar-refractivity contribution in [3.63, 3.8) is 0 Å². The van der Waals surface area contributed by atoms with E-state index in [-0.39, 0.29) is 5.82 Å². The van der Waals surface area contributed by atoms with Gasteiger partial charge in [0.05, 0.1) is 5.60 Å². The fourth-order valence-corrected chi connectivity index (χ4v) is 2.62. The zero-order valence-corrected chi connectivity index (χ0v) is 12.5. The van der Waals surface area contributed by atoms with Crippen molar-refractivity contribution in [1.29, 1.82) is 0 Å². The van der Waals surface area contributed by atoms with Gasteiger partial charge in [-0.1, -0.05) is 35.3 Å². The molecule has 2 rings (SSSR count). The fourth-order valence-electron chi connectivity index (χ4n) is 2.24. The first-order valence-electron chi connectivity index (χ1n) is 6.26. The molecule has 106 valence electrons. The molecule has 0 bridgehead atoms. The zero-order valence-electron chi connectivity index (χ0n) is 11.0. The largest absolute Gasteiger partial charge is 0.389 e. The van der Waals surface area contributed by atoms with Gasteiger partial charge in [0, 0.05) is 22.9 Å². The molecule has 0 amide bonds. The van der Waals surface area contributed by atoms with Gasteiger partial charge >= 0.3 is 0 Å². The van der Waals surface area contributed by atoms with Crippen LogP contribution in [0.5, 0.6) is 0 Å². The summed E-state index contributed by atoms with van der Waals surface area (Å²) >= 11 is 12.0. The highest BCUT2D eigenvalue weighted by atomic mass is 35.5. The second-order valence-corrected chi connectivity index (χ2v) is 6.06. The molecule has 0 fully saturated rings. The molecular weight excluding hydrogens is 298 g/mol. The minimum atomic E-state index is -1.03. The molecule has 1 nitrogen and oxygen atoms in total. The van der Waals surface area contributed by atoms with E-state index >= 15 is 0 Å². The maximum atomic E-state index is 13.2. The molecule has 0 aliphatic heterocycles. The van der Waals surface area contributed by atoms with Gasteiger partial charge in [-0.25, -0.2) is 4.39 Å². The van der Waals surface area contributed by atoms with Gasteiger partial charge in [0.1, 0.15) is 5.82 Å². The van der Waals surface area contributed by atoms with Gasteiger partial charge in [-0.3, -0.25) is 0 Å². The van der Waals surface area contributed by atoms with Crippen LogP contribution in [-0.4, -0.2) is 10.7 Å². The van der Waals surface area contributed by atoms with E-state index < -0.39 is 5.60 Å². The molecule has 2 aromatic carbocycles. The lowest BCUT2D eigenvalue weighted by Gasteiger charge is -2.24. The third-order valence-corrected chi connectivity index (χ3v) is 3.66. The van der Waals surface area contributed by atoms with E-state index in [2.05, 4.69) is 0 Å². The van der Waals surface area contributed by atoms with Crippen molar-refractivity contribution >= 4 is 23.2 Å². The molecular formula is C16H15Cl2FO. The van der Waals surface area contributed by atoms with E-state index in [0.717, 1.165) is 11.1 Å². The first-order chi connectivity index (χ1) is 9.35. The Kier molecular flexibility index (Phi) is 4.69. The molecule has 0 aromatic heterocycles. The van der Waals surface area contributed by atoms with Crippen LogP contribution in [-0.2, 0) is 12.8 Å². The number of hydrogen-bond donors (Lipinski definition) is 1. The van der Waals surface area contributed by atoms with Crippen molar-refractivity contribution in [2.24, 2.45) is 0 Å².